The van der Waals surface area contributed by atoms with E-state index in [4.69, 9.17) is 0 Å². The number of rotatable bonds is 1. The second kappa shape index (κ2) is 5.17. The molecular weight excluding hydrogens is 310 g/mol. The molecule has 128 valence electrons. The van der Waals surface area contributed by atoms with Crippen LogP contribution in [0.1, 0.15) is 36.8 Å². The fourth-order valence-electron chi connectivity index (χ4n) is 5.62. The Morgan fingerprint density at radius 3 is 2.08 bits per heavy atom. The maximum absolute atomic E-state index is 13.2. The fraction of sp³-hybridized carbons (Fsp3) is 0.455. The van der Waals surface area contributed by atoms with Gasteiger partial charge in [-0.05, 0) is 51.2 Å². The summed E-state index contributed by atoms with van der Waals surface area (Å²) in [7, 11) is 0. The Labute approximate surface area is 148 Å². The summed E-state index contributed by atoms with van der Waals surface area (Å²) in [6.45, 7) is 4.01. The number of fused-ring (bicyclic) bond motifs is 5. The number of hydrogen-bond donors (Lipinski definition) is 0. The Hall–Kier alpha value is -2.16. The zero-order valence-electron chi connectivity index (χ0n) is 14.8. The van der Waals surface area contributed by atoms with Crippen LogP contribution in [0.5, 0.6) is 0 Å². The van der Waals surface area contributed by atoms with E-state index < -0.39 is 0 Å². The predicted molar refractivity (Wildman–Crippen MR) is 97.0 cm³/mol. The fourth-order valence-corrected chi connectivity index (χ4v) is 5.62. The van der Waals surface area contributed by atoms with E-state index in [-0.39, 0.29) is 35.5 Å². The van der Waals surface area contributed by atoms with Gasteiger partial charge in [-0.2, -0.15) is 0 Å². The molecule has 1 aromatic carbocycles. The van der Waals surface area contributed by atoms with Gasteiger partial charge < -0.3 is 0 Å². The third kappa shape index (κ3) is 1.92. The summed E-state index contributed by atoms with van der Waals surface area (Å²) in [5.74, 6) is -0.00647. The molecule has 1 aromatic rings. The van der Waals surface area contributed by atoms with Crippen LogP contribution >= 0.6 is 0 Å². The lowest BCUT2D eigenvalue weighted by atomic mass is 9.85. The number of benzene rings is 1. The first-order valence-corrected chi connectivity index (χ1v) is 9.43. The average molecular weight is 333 g/mol. The van der Waals surface area contributed by atoms with Crippen LogP contribution < -0.4 is 4.90 Å². The first-order chi connectivity index (χ1) is 12.1. The van der Waals surface area contributed by atoms with E-state index in [1.165, 1.54) is 28.9 Å². The minimum absolute atomic E-state index is 0.00917. The van der Waals surface area contributed by atoms with Crippen LogP contribution in [0.4, 0.5) is 5.69 Å². The Morgan fingerprint density at radius 2 is 1.52 bits per heavy atom. The molecule has 0 radical (unpaired) electrons. The van der Waals surface area contributed by atoms with Crippen LogP contribution in [0.15, 0.2) is 41.5 Å². The highest BCUT2D eigenvalue weighted by atomic mass is 16.2. The lowest BCUT2D eigenvalue weighted by Gasteiger charge is -2.21. The summed E-state index contributed by atoms with van der Waals surface area (Å²) < 4.78 is 0. The molecule has 0 spiro atoms. The number of hydrogen-bond acceptors (Lipinski definition) is 2. The van der Waals surface area contributed by atoms with E-state index in [1.807, 2.05) is 32.0 Å². The number of carbonyl (C=O) groups excluding carboxylic acids is 2. The second-order valence-corrected chi connectivity index (χ2v) is 8.06. The molecule has 1 heterocycles. The van der Waals surface area contributed by atoms with Gasteiger partial charge in [0.15, 0.2) is 0 Å². The molecule has 3 heteroatoms. The number of amides is 2. The van der Waals surface area contributed by atoms with Crippen molar-refractivity contribution in [1.29, 1.82) is 0 Å². The number of carbonyl (C=O) groups is 2. The van der Waals surface area contributed by atoms with Crippen LogP contribution in [0.2, 0.25) is 0 Å². The number of nitrogens with zero attached hydrogens (tertiary/aromatic N) is 1. The van der Waals surface area contributed by atoms with Gasteiger partial charge in [0.2, 0.25) is 11.8 Å². The first kappa shape index (κ1) is 15.1. The van der Waals surface area contributed by atoms with Gasteiger partial charge in [0.25, 0.3) is 0 Å². The Balaban J connectivity index is 1.56. The molecule has 4 aliphatic rings. The van der Waals surface area contributed by atoms with Crippen LogP contribution in [0.25, 0.3) is 0 Å². The molecular formula is C22H23NO2. The molecule has 3 aliphatic carbocycles. The van der Waals surface area contributed by atoms with E-state index in [2.05, 4.69) is 12.2 Å². The summed E-state index contributed by atoms with van der Waals surface area (Å²) >= 11 is 0. The SMILES string of the molecule is Cc1ccc(N2C(=O)[C@@H]3[C@@H](C2=O)[C@H]2C=C[C@@H]3C2=C2CCCC2)c(C)c1. The molecule has 0 N–H and O–H groups in total. The minimum Gasteiger partial charge on any atom is -0.274 e. The number of aryl methyl sites for hydroxylation is 2. The highest BCUT2D eigenvalue weighted by Crippen LogP contribution is 2.58. The maximum Gasteiger partial charge on any atom is 0.238 e. The summed E-state index contributed by atoms with van der Waals surface area (Å²) in [5.41, 5.74) is 5.87. The van der Waals surface area contributed by atoms with Gasteiger partial charge >= 0.3 is 0 Å². The molecule has 0 aromatic heterocycles. The summed E-state index contributed by atoms with van der Waals surface area (Å²) in [6, 6.07) is 5.95. The van der Waals surface area contributed by atoms with Gasteiger partial charge in [-0.15, -0.1) is 0 Å². The summed E-state index contributed by atoms with van der Waals surface area (Å²) in [4.78, 5) is 27.9. The van der Waals surface area contributed by atoms with Gasteiger partial charge in [0, 0.05) is 11.8 Å². The molecule has 2 bridgehead atoms. The molecule has 3 nitrogen and oxygen atoms in total. The number of imide groups is 1. The van der Waals surface area contributed by atoms with Crippen LogP contribution in [0, 0.1) is 37.5 Å². The monoisotopic (exact) mass is 333 g/mol. The van der Waals surface area contributed by atoms with Gasteiger partial charge in [0.1, 0.15) is 0 Å². The number of allylic oxidation sites excluding steroid dienone is 4. The van der Waals surface area contributed by atoms with E-state index in [0.29, 0.717) is 0 Å². The van der Waals surface area contributed by atoms with Crippen molar-refractivity contribution >= 4 is 17.5 Å². The van der Waals surface area contributed by atoms with Gasteiger partial charge in [-0.1, -0.05) is 41.0 Å². The topological polar surface area (TPSA) is 37.4 Å². The molecule has 2 saturated carbocycles. The van der Waals surface area contributed by atoms with Crippen molar-refractivity contribution in [3.63, 3.8) is 0 Å². The molecule has 1 saturated heterocycles. The normalized spacial score (nSPS) is 33.1. The van der Waals surface area contributed by atoms with Gasteiger partial charge in [-0.25, -0.2) is 4.90 Å². The van der Waals surface area contributed by atoms with E-state index >= 15 is 0 Å². The largest absolute Gasteiger partial charge is 0.274 e. The highest BCUT2D eigenvalue weighted by Gasteiger charge is 2.62. The van der Waals surface area contributed by atoms with Crippen molar-refractivity contribution in [2.75, 3.05) is 4.90 Å². The maximum atomic E-state index is 13.2. The van der Waals surface area contributed by atoms with Crippen molar-refractivity contribution in [1.82, 2.24) is 0 Å². The standard InChI is InChI=1S/C22H23NO2/c1-12-7-10-17(13(2)11-12)23-21(24)19-15-8-9-16(20(19)22(23)25)18(15)14-5-3-4-6-14/h7-11,15-16,19-20H,3-6H2,1-2H3/t15-,16+,19-,20-/m0/s1. The quantitative estimate of drug-likeness (QED) is 0.573. The van der Waals surface area contributed by atoms with Crippen molar-refractivity contribution in [2.45, 2.75) is 39.5 Å². The third-order valence-electron chi connectivity index (χ3n) is 6.62. The molecule has 2 amide bonds. The smallest absolute Gasteiger partial charge is 0.238 e. The Kier molecular flexibility index (Phi) is 3.13. The minimum atomic E-state index is -0.175. The number of anilines is 1. The zero-order valence-corrected chi connectivity index (χ0v) is 14.8. The first-order valence-electron chi connectivity index (χ1n) is 9.43. The summed E-state index contributed by atoms with van der Waals surface area (Å²) in [6.07, 6.45) is 9.22. The zero-order chi connectivity index (χ0) is 17.3. The van der Waals surface area contributed by atoms with E-state index in [9.17, 15) is 9.59 Å². The average Bonchev–Trinajstić information content (AvgIpc) is 3.32. The van der Waals surface area contributed by atoms with E-state index in [1.54, 1.807) is 0 Å². The van der Waals surface area contributed by atoms with Crippen LogP contribution in [0.3, 0.4) is 0 Å². The summed E-state index contributed by atoms with van der Waals surface area (Å²) in [5, 5.41) is 0. The molecule has 25 heavy (non-hydrogen) atoms. The lowest BCUT2D eigenvalue weighted by molar-refractivity contribution is -0.122. The molecule has 4 atom stereocenters. The molecule has 1 aliphatic heterocycles. The van der Waals surface area contributed by atoms with Crippen LogP contribution in [-0.2, 0) is 9.59 Å². The van der Waals surface area contributed by atoms with Crippen molar-refractivity contribution in [3.05, 3.63) is 52.6 Å². The third-order valence-corrected chi connectivity index (χ3v) is 6.62. The second-order valence-electron chi connectivity index (χ2n) is 8.06. The lowest BCUT2D eigenvalue weighted by Crippen LogP contribution is -2.33. The predicted octanol–water partition coefficient (Wildman–Crippen LogP) is 4.10. The Morgan fingerprint density at radius 1 is 0.920 bits per heavy atom. The Bertz CT molecular complexity index is 821. The molecule has 3 fully saturated rings. The molecule has 0 unspecified atom stereocenters. The van der Waals surface area contributed by atoms with Crippen molar-refractivity contribution in [3.8, 4) is 0 Å². The van der Waals surface area contributed by atoms with Crippen molar-refractivity contribution < 1.29 is 9.59 Å². The highest BCUT2D eigenvalue weighted by molar-refractivity contribution is 6.23. The van der Waals surface area contributed by atoms with Gasteiger partial charge in [0.05, 0.1) is 17.5 Å². The molecule has 5 rings (SSSR count). The van der Waals surface area contributed by atoms with E-state index in [0.717, 1.165) is 29.7 Å². The van der Waals surface area contributed by atoms with Crippen molar-refractivity contribution in [2.24, 2.45) is 23.7 Å². The van der Waals surface area contributed by atoms with Gasteiger partial charge in [-0.3, -0.25) is 9.59 Å². The van der Waals surface area contributed by atoms with Crippen LogP contribution in [-0.4, -0.2) is 11.8 Å².